The van der Waals surface area contributed by atoms with Gasteiger partial charge < -0.3 is 4.90 Å². The number of aromatic nitrogens is 4. The van der Waals surface area contributed by atoms with Gasteiger partial charge in [-0.25, -0.2) is 5.06 Å². The first kappa shape index (κ1) is 19.7. The molecule has 0 unspecified atom stereocenters. The maximum atomic E-state index is 13.3. The zero-order chi connectivity index (χ0) is 19.2. The molecule has 150 valence electrons. The molecule has 27 heavy (non-hydrogen) atoms. The van der Waals surface area contributed by atoms with E-state index in [2.05, 4.69) is 22.3 Å². The van der Waals surface area contributed by atoms with Gasteiger partial charge in [0.05, 0.1) is 25.0 Å². The number of likely N-dealkylation sites (tertiary alicyclic amines) is 1. The van der Waals surface area contributed by atoms with Crippen molar-refractivity contribution in [1.29, 1.82) is 0 Å². The smallest absolute Gasteiger partial charge is 0.233 e. The van der Waals surface area contributed by atoms with Gasteiger partial charge in [-0.1, -0.05) is 32.6 Å². The van der Waals surface area contributed by atoms with Gasteiger partial charge in [0.1, 0.15) is 0 Å². The number of rotatable bonds is 9. The van der Waals surface area contributed by atoms with Crippen LogP contribution < -0.4 is 0 Å². The zero-order valence-electron chi connectivity index (χ0n) is 16.0. The van der Waals surface area contributed by atoms with Crippen LogP contribution in [0, 0.1) is 11.8 Å². The second-order valence-corrected chi connectivity index (χ2v) is 7.74. The molecule has 0 spiro atoms. The molecule has 1 saturated heterocycles. The average Bonchev–Trinajstić information content (AvgIpc) is 3.41. The first-order valence-corrected chi connectivity index (χ1v) is 10.1. The van der Waals surface area contributed by atoms with Gasteiger partial charge in [-0.3, -0.25) is 14.8 Å². The Bertz CT molecular complexity index is 630. The van der Waals surface area contributed by atoms with Crippen molar-refractivity contribution in [2.24, 2.45) is 11.8 Å². The number of nitrogens with zero attached hydrogens (tertiary/aromatic N) is 6. The normalized spacial score (nSPS) is 21.6. The molecule has 0 bridgehead atoms. The van der Waals surface area contributed by atoms with Crippen molar-refractivity contribution in [3.05, 3.63) is 5.82 Å². The number of carbonyl (C=O) groups excluding carboxylic acids is 2. The highest BCUT2D eigenvalue weighted by Gasteiger charge is 2.38. The molecule has 2 fully saturated rings. The summed E-state index contributed by atoms with van der Waals surface area (Å²) in [6, 6.07) is -0.169. The van der Waals surface area contributed by atoms with E-state index >= 15 is 0 Å². The van der Waals surface area contributed by atoms with Crippen LogP contribution in [0.3, 0.4) is 0 Å². The minimum absolute atomic E-state index is 0.0165. The van der Waals surface area contributed by atoms with Crippen LogP contribution in [0.4, 0.5) is 0 Å². The Hall–Kier alpha value is -2.03. The summed E-state index contributed by atoms with van der Waals surface area (Å²) in [7, 11) is 0. The van der Waals surface area contributed by atoms with E-state index in [9.17, 15) is 14.8 Å². The SMILES string of the molecule is CCCn1nnc([C@@H]2CCCN2C(=O)[C@H](CC2CCCC2)CN(O)C=O)n1. The molecule has 3 rings (SSSR count). The lowest BCUT2D eigenvalue weighted by atomic mass is 9.91. The summed E-state index contributed by atoms with van der Waals surface area (Å²) in [5, 5.41) is 23.0. The van der Waals surface area contributed by atoms with Gasteiger partial charge in [-0.15, -0.1) is 10.2 Å². The number of hydroxylamine groups is 2. The van der Waals surface area contributed by atoms with Crippen LogP contribution in [0.2, 0.25) is 0 Å². The molecule has 9 heteroatoms. The van der Waals surface area contributed by atoms with E-state index in [0.29, 0.717) is 42.7 Å². The topological polar surface area (TPSA) is 104 Å². The van der Waals surface area contributed by atoms with Crippen molar-refractivity contribution < 1.29 is 14.8 Å². The molecule has 2 heterocycles. The Morgan fingerprint density at radius 1 is 1.33 bits per heavy atom. The lowest BCUT2D eigenvalue weighted by Crippen LogP contribution is -2.41. The molecular formula is C18H30N6O3. The Kier molecular flexibility index (Phi) is 6.76. The largest absolute Gasteiger partial charge is 0.332 e. The highest BCUT2D eigenvalue weighted by molar-refractivity contribution is 5.80. The Balaban J connectivity index is 1.72. The minimum Gasteiger partial charge on any atom is -0.332 e. The number of amides is 2. The fraction of sp³-hybridized carbons (Fsp3) is 0.833. The highest BCUT2D eigenvalue weighted by atomic mass is 16.5. The van der Waals surface area contributed by atoms with Crippen LogP contribution in [0.1, 0.15) is 70.2 Å². The molecule has 1 aromatic rings. The van der Waals surface area contributed by atoms with Crippen molar-refractivity contribution in [2.75, 3.05) is 13.1 Å². The maximum Gasteiger partial charge on any atom is 0.233 e. The van der Waals surface area contributed by atoms with Crippen LogP contribution in [0.25, 0.3) is 0 Å². The summed E-state index contributed by atoms with van der Waals surface area (Å²) >= 11 is 0. The zero-order valence-corrected chi connectivity index (χ0v) is 16.0. The summed E-state index contributed by atoms with van der Waals surface area (Å²) < 4.78 is 0. The molecule has 0 aromatic carbocycles. The maximum absolute atomic E-state index is 13.3. The van der Waals surface area contributed by atoms with Gasteiger partial charge >= 0.3 is 0 Å². The Morgan fingerprint density at radius 3 is 2.81 bits per heavy atom. The summed E-state index contributed by atoms with van der Waals surface area (Å²) in [6.07, 6.45) is 8.33. The fourth-order valence-electron chi connectivity index (χ4n) is 4.39. The summed E-state index contributed by atoms with van der Waals surface area (Å²) in [5.74, 6) is 0.667. The second kappa shape index (κ2) is 9.25. The predicted molar refractivity (Wildman–Crippen MR) is 96.4 cm³/mol. The number of tetrazole rings is 1. The van der Waals surface area contributed by atoms with E-state index in [1.54, 1.807) is 4.80 Å². The quantitative estimate of drug-likeness (QED) is 0.399. The van der Waals surface area contributed by atoms with E-state index < -0.39 is 5.92 Å². The number of hydrogen-bond donors (Lipinski definition) is 1. The monoisotopic (exact) mass is 378 g/mol. The summed E-state index contributed by atoms with van der Waals surface area (Å²) in [5.41, 5.74) is 0. The van der Waals surface area contributed by atoms with Gasteiger partial charge in [0.15, 0.2) is 5.82 Å². The van der Waals surface area contributed by atoms with Crippen molar-refractivity contribution in [1.82, 2.24) is 30.2 Å². The van der Waals surface area contributed by atoms with Gasteiger partial charge in [-0.2, -0.15) is 4.80 Å². The van der Waals surface area contributed by atoms with Gasteiger partial charge in [0.2, 0.25) is 12.3 Å². The number of aryl methyl sites for hydroxylation is 1. The molecule has 1 N–H and O–H groups in total. The number of hydrogen-bond acceptors (Lipinski definition) is 6. The molecular weight excluding hydrogens is 348 g/mol. The molecule has 2 atom stereocenters. The van der Waals surface area contributed by atoms with Crippen LogP contribution in [0.5, 0.6) is 0 Å². The molecule has 1 aliphatic carbocycles. The summed E-state index contributed by atoms with van der Waals surface area (Å²) in [6.45, 7) is 3.45. The molecule has 1 aliphatic heterocycles. The fourth-order valence-corrected chi connectivity index (χ4v) is 4.39. The van der Waals surface area contributed by atoms with Crippen LogP contribution in [-0.2, 0) is 16.1 Å². The van der Waals surface area contributed by atoms with Gasteiger partial charge in [-0.05, 0) is 36.8 Å². The van der Waals surface area contributed by atoms with Crippen molar-refractivity contribution in [2.45, 2.75) is 70.9 Å². The third-order valence-corrected chi connectivity index (χ3v) is 5.70. The lowest BCUT2D eigenvalue weighted by Gasteiger charge is -2.29. The third kappa shape index (κ3) is 4.82. The van der Waals surface area contributed by atoms with E-state index in [1.165, 1.54) is 12.8 Å². The lowest BCUT2D eigenvalue weighted by molar-refractivity contribution is -0.157. The summed E-state index contributed by atoms with van der Waals surface area (Å²) in [4.78, 5) is 27.6. The van der Waals surface area contributed by atoms with Crippen LogP contribution in [-0.4, -0.2) is 60.8 Å². The first-order valence-electron chi connectivity index (χ1n) is 10.1. The van der Waals surface area contributed by atoms with Crippen LogP contribution >= 0.6 is 0 Å². The van der Waals surface area contributed by atoms with Crippen LogP contribution in [0.15, 0.2) is 0 Å². The van der Waals surface area contributed by atoms with E-state index in [1.807, 2.05) is 4.90 Å². The minimum atomic E-state index is -0.394. The van der Waals surface area contributed by atoms with Gasteiger partial charge in [0.25, 0.3) is 0 Å². The standard InChI is InChI=1S/C18H30N6O3/c1-2-9-24-20-17(19-21-24)16-8-5-10-23(16)18(26)15(12-22(27)13-25)11-14-6-3-4-7-14/h13-16,27H,2-12H2,1H3/t15-,16+/m1/s1. The molecule has 0 radical (unpaired) electrons. The van der Waals surface area contributed by atoms with Crippen molar-refractivity contribution >= 4 is 12.3 Å². The molecule has 9 nitrogen and oxygen atoms in total. The average molecular weight is 378 g/mol. The third-order valence-electron chi connectivity index (χ3n) is 5.70. The van der Waals surface area contributed by atoms with E-state index in [4.69, 9.17) is 0 Å². The predicted octanol–water partition coefficient (Wildman–Crippen LogP) is 1.79. The molecule has 1 aromatic heterocycles. The van der Waals surface area contributed by atoms with Crippen molar-refractivity contribution in [3.63, 3.8) is 0 Å². The molecule has 2 aliphatic rings. The van der Waals surface area contributed by atoms with Crippen molar-refractivity contribution in [3.8, 4) is 0 Å². The number of carbonyl (C=O) groups is 2. The first-order chi connectivity index (χ1) is 13.1. The second-order valence-electron chi connectivity index (χ2n) is 7.74. The molecule has 2 amide bonds. The Labute approximate surface area is 159 Å². The van der Waals surface area contributed by atoms with Gasteiger partial charge in [0, 0.05) is 6.54 Å². The van der Waals surface area contributed by atoms with E-state index in [-0.39, 0.29) is 18.5 Å². The Morgan fingerprint density at radius 2 is 2.11 bits per heavy atom. The molecule has 1 saturated carbocycles. The highest BCUT2D eigenvalue weighted by Crippen LogP contribution is 2.35. The van der Waals surface area contributed by atoms with E-state index in [0.717, 1.165) is 32.1 Å².